The highest BCUT2D eigenvalue weighted by atomic mass is 16.3. The maximum absolute atomic E-state index is 13.0. The molecule has 146 valence electrons. The van der Waals surface area contributed by atoms with E-state index in [1.54, 1.807) is 18.2 Å². The Kier molecular flexibility index (Phi) is 6.14. The Hall–Kier alpha value is -3.08. The third kappa shape index (κ3) is 4.09. The molecule has 28 heavy (non-hydrogen) atoms. The summed E-state index contributed by atoms with van der Waals surface area (Å²) in [6, 6.07) is 15.5. The Bertz CT molecular complexity index is 888. The number of ketones is 1. The van der Waals surface area contributed by atoms with Crippen LogP contribution in [-0.2, 0) is 16.0 Å². The van der Waals surface area contributed by atoms with E-state index in [1.807, 2.05) is 37.3 Å². The van der Waals surface area contributed by atoms with Crippen molar-refractivity contribution >= 4 is 11.7 Å². The first-order valence-electron chi connectivity index (χ1n) is 9.63. The molecule has 0 saturated carbocycles. The maximum atomic E-state index is 13.0. The Balaban J connectivity index is 1.90. The number of benzene rings is 2. The Morgan fingerprint density at radius 2 is 1.82 bits per heavy atom. The van der Waals surface area contributed by atoms with E-state index in [-0.39, 0.29) is 23.5 Å². The topological polar surface area (TPSA) is 77.8 Å². The van der Waals surface area contributed by atoms with E-state index >= 15 is 0 Å². The van der Waals surface area contributed by atoms with Gasteiger partial charge in [0.05, 0.1) is 11.6 Å². The fourth-order valence-electron chi connectivity index (χ4n) is 3.58. The van der Waals surface area contributed by atoms with Gasteiger partial charge in [-0.05, 0) is 36.1 Å². The lowest BCUT2D eigenvalue weighted by molar-refractivity contribution is -0.129. The van der Waals surface area contributed by atoms with E-state index in [0.29, 0.717) is 18.5 Å². The number of aliphatic hydroxyl groups is 1. The normalized spacial score (nSPS) is 16.7. The first-order chi connectivity index (χ1) is 13.5. The van der Waals surface area contributed by atoms with Crippen molar-refractivity contribution in [3.63, 3.8) is 0 Å². The molecule has 2 aromatic carbocycles. The van der Waals surface area contributed by atoms with Crippen LogP contribution in [0.2, 0.25) is 0 Å². The van der Waals surface area contributed by atoms with Crippen molar-refractivity contribution in [3.8, 4) is 5.75 Å². The van der Waals surface area contributed by atoms with Gasteiger partial charge in [-0.15, -0.1) is 0 Å². The van der Waals surface area contributed by atoms with Gasteiger partial charge in [0.15, 0.2) is 11.5 Å². The molecule has 2 N–H and O–H groups in total. The number of phenols is 1. The van der Waals surface area contributed by atoms with Crippen molar-refractivity contribution in [2.24, 2.45) is 0 Å². The molecule has 3 rings (SSSR count). The lowest BCUT2D eigenvalue weighted by Gasteiger charge is -2.27. The van der Waals surface area contributed by atoms with Gasteiger partial charge in [0.25, 0.3) is 5.91 Å². The molecule has 1 amide bonds. The quantitative estimate of drug-likeness (QED) is 0.724. The number of nitrogens with zero attached hydrogens (tertiary/aromatic N) is 1. The summed E-state index contributed by atoms with van der Waals surface area (Å²) in [5.41, 5.74) is 1.77. The van der Waals surface area contributed by atoms with E-state index in [9.17, 15) is 19.8 Å². The van der Waals surface area contributed by atoms with Crippen LogP contribution in [0.1, 0.15) is 43.4 Å². The van der Waals surface area contributed by atoms with Crippen LogP contribution in [0.4, 0.5) is 0 Å². The molecular weight excluding hydrogens is 354 g/mol. The number of aryl methyl sites for hydroxylation is 1. The zero-order valence-electron chi connectivity index (χ0n) is 16.0. The molecule has 1 unspecified atom stereocenters. The van der Waals surface area contributed by atoms with Gasteiger partial charge in [-0.3, -0.25) is 9.59 Å². The molecule has 0 spiro atoms. The number of hydrogen-bond acceptors (Lipinski definition) is 4. The van der Waals surface area contributed by atoms with Crippen molar-refractivity contribution in [1.29, 1.82) is 0 Å². The summed E-state index contributed by atoms with van der Waals surface area (Å²) in [5, 5.41) is 20.4. The highest BCUT2D eigenvalue weighted by molar-refractivity contribution is 6.09. The number of aliphatic hydroxyl groups excluding tert-OH is 1. The Labute approximate surface area is 164 Å². The van der Waals surface area contributed by atoms with Gasteiger partial charge in [-0.1, -0.05) is 55.8 Å². The number of Topliss-reactive ketones (excluding diaryl/α,β-unsaturated/α-hetero) is 1. The zero-order chi connectivity index (χ0) is 20.1. The van der Waals surface area contributed by atoms with Crippen LogP contribution in [0.15, 0.2) is 65.9 Å². The van der Waals surface area contributed by atoms with Crippen LogP contribution in [0.5, 0.6) is 5.75 Å². The third-order valence-electron chi connectivity index (χ3n) is 5.03. The summed E-state index contributed by atoms with van der Waals surface area (Å²) < 4.78 is 0. The van der Waals surface area contributed by atoms with Gasteiger partial charge in [-0.2, -0.15) is 0 Å². The van der Waals surface area contributed by atoms with Crippen LogP contribution in [0.25, 0.3) is 0 Å². The van der Waals surface area contributed by atoms with Crippen LogP contribution in [0, 0.1) is 0 Å². The summed E-state index contributed by atoms with van der Waals surface area (Å²) in [5.74, 6) is -1.18. The molecule has 0 fully saturated rings. The number of rotatable bonds is 8. The molecule has 0 bridgehead atoms. The smallest absolute Gasteiger partial charge is 0.290 e. The summed E-state index contributed by atoms with van der Waals surface area (Å²) in [4.78, 5) is 27.2. The number of carbonyl (C=O) groups excluding carboxylic acids is 2. The van der Waals surface area contributed by atoms with Crippen molar-refractivity contribution < 1.29 is 19.8 Å². The highest BCUT2D eigenvalue weighted by Crippen LogP contribution is 2.39. The Morgan fingerprint density at radius 1 is 1.07 bits per heavy atom. The molecule has 5 nitrogen and oxygen atoms in total. The second-order valence-corrected chi connectivity index (χ2v) is 7.02. The lowest BCUT2D eigenvalue weighted by atomic mass is 9.93. The maximum Gasteiger partial charge on any atom is 0.290 e. The average Bonchev–Trinajstić information content (AvgIpc) is 2.96. The van der Waals surface area contributed by atoms with Crippen LogP contribution < -0.4 is 0 Å². The van der Waals surface area contributed by atoms with Gasteiger partial charge in [0.2, 0.25) is 0 Å². The van der Waals surface area contributed by atoms with E-state index in [2.05, 4.69) is 0 Å². The molecule has 1 aliphatic rings. The first kappa shape index (κ1) is 19.7. The molecule has 5 heteroatoms. The summed E-state index contributed by atoms with van der Waals surface area (Å²) >= 11 is 0. The molecule has 0 aromatic heterocycles. The van der Waals surface area contributed by atoms with Crippen LogP contribution in [-0.4, -0.2) is 33.3 Å². The molecule has 0 radical (unpaired) electrons. The number of hydrogen-bond donors (Lipinski definition) is 2. The SMILES string of the molecule is CCCCN1C(=O)C(O)=C(C(=O)CCc2ccccc2)C1c1cccc(O)c1. The van der Waals surface area contributed by atoms with E-state index in [4.69, 9.17) is 0 Å². The summed E-state index contributed by atoms with van der Waals surface area (Å²) in [7, 11) is 0. The fraction of sp³-hybridized carbons (Fsp3) is 0.304. The van der Waals surface area contributed by atoms with Gasteiger partial charge >= 0.3 is 0 Å². The largest absolute Gasteiger partial charge is 0.508 e. The molecule has 0 aliphatic carbocycles. The molecule has 1 atom stereocenters. The highest BCUT2D eigenvalue weighted by Gasteiger charge is 2.42. The third-order valence-corrected chi connectivity index (χ3v) is 5.03. The van der Waals surface area contributed by atoms with Gasteiger partial charge in [0.1, 0.15) is 5.75 Å². The molecule has 2 aromatic rings. The van der Waals surface area contributed by atoms with E-state index in [0.717, 1.165) is 18.4 Å². The first-order valence-corrected chi connectivity index (χ1v) is 9.63. The summed E-state index contributed by atoms with van der Waals surface area (Å²) in [6.45, 7) is 2.46. The van der Waals surface area contributed by atoms with Gasteiger partial charge in [0, 0.05) is 13.0 Å². The predicted octanol–water partition coefficient (Wildman–Crippen LogP) is 4.09. The minimum Gasteiger partial charge on any atom is -0.508 e. The van der Waals surface area contributed by atoms with Gasteiger partial charge in [-0.25, -0.2) is 0 Å². The number of carbonyl (C=O) groups is 2. The number of aromatic hydroxyl groups is 1. The van der Waals surface area contributed by atoms with E-state index in [1.165, 1.54) is 11.0 Å². The number of unbranched alkanes of at least 4 members (excludes halogenated alkanes) is 1. The minimum absolute atomic E-state index is 0.0582. The van der Waals surface area contributed by atoms with Gasteiger partial charge < -0.3 is 15.1 Å². The van der Waals surface area contributed by atoms with E-state index < -0.39 is 17.7 Å². The van der Waals surface area contributed by atoms with Crippen molar-refractivity contribution in [2.75, 3.05) is 6.54 Å². The van der Waals surface area contributed by atoms with Crippen molar-refractivity contribution in [2.45, 2.75) is 38.6 Å². The monoisotopic (exact) mass is 379 g/mol. The fourth-order valence-corrected chi connectivity index (χ4v) is 3.58. The molecule has 0 saturated heterocycles. The van der Waals surface area contributed by atoms with Crippen LogP contribution in [0.3, 0.4) is 0 Å². The number of amides is 1. The molecular formula is C23H25NO4. The zero-order valence-corrected chi connectivity index (χ0v) is 16.0. The number of phenolic OH excluding ortho intramolecular Hbond substituents is 1. The lowest BCUT2D eigenvalue weighted by Crippen LogP contribution is -2.32. The van der Waals surface area contributed by atoms with Crippen molar-refractivity contribution in [1.82, 2.24) is 4.90 Å². The predicted molar refractivity (Wildman–Crippen MR) is 107 cm³/mol. The minimum atomic E-state index is -0.672. The second-order valence-electron chi connectivity index (χ2n) is 7.02. The average molecular weight is 379 g/mol. The summed E-state index contributed by atoms with van der Waals surface area (Å²) in [6.07, 6.45) is 2.38. The Morgan fingerprint density at radius 3 is 2.50 bits per heavy atom. The standard InChI is InChI=1S/C23H25NO4/c1-2-3-14-24-21(17-10-7-11-18(25)15-17)20(22(27)23(24)28)19(26)13-12-16-8-5-4-6-9-16/h4-11,15,21,25,27H,2-3,12-14H2,1H3. The second kappa shape index (κ2) is 8.74. The molecule has 1 aliphatic heterocycles. The molecule has 1 heterocycles. The van der Waals surface area contributed by atoms with Crippen LogP contribution >= 0.6 is 0 Å². The van der Waals surface area contributed by atoms with Crippen molar-refractivity contribution in [3.05, 3.63) is 77.1 Å².